The van der Waals surface area contributed by atoms with Gasteiger partial charge in [0.1, 0.15) is 11.2 Å². The van der Waals surface area contributed by atoms with Gasteiger partial charge < -0.3 is 13.9 Å². The van der Waals surface area contributed by atoms with E-state index in [0.29, 0.717) is 0 Å². The predicted molar refractivity (Wildman–Crippen MR) is 247 cm³/mol. The van der Waals surface area contributed by atoms with Gasteiger partial charge in [0.15, 0.2) is 0 Å². The zero-order valence-electron chi connectivity index (χ0n) is 31.3. The highest BCUT2D eigenvalue weighted by atomic mass is 32.1. The van der Waals surface area contributed by atoms with Crippen LogP contribution in [-0.2, 0) is 0 Å². The summed E-state index contributed by atoms with van der Waals surface area (Å²) in [6.07, 6.45) is 0. The Labute approximate surface area is 338 Å². The largest absolute Gasteiger partial charge is 0.456 e. The van der Waals surface area contributed by atoms with Crippen molar-refractivity contribution in [1.82, 2.24) is 4.57 Å². The van der Waals surface area contributed by atoms with Gasteiger partial charge in [-0.05, 0) is 93.7 Å². The smallest absolute Gasteiger partial charge is 0.137 e. The number of nitrogens with zero attached hydrogens (tertiary/aromatic N) is 2. The summed E-state index contributed by atoms with van der Waals surface area (Å²) in [4.78, 5) is 2.33. The van der Waals surface area contributed by atoms with Crippen molar-refractivity contribution in [3.05, 3.63) is 206 Å². The van der Waals surface area contributed by atoms with Crippen molar-refractivity contribution in [2.24, 2.45) is 0 Å². The van der Waals surface area contributed by atoms with Crippen LogP contribution in [0.15, 0.2) is 211 Å². The zero-order valence-corrected chi connectivity index (χ0v) is 32.2. The van der Waals surface area contributed by atoms with E-state index in [1.54, 1.807) is 0 Å². The SMILES string of the molecule is c1ccc(-n2c3ccccc3c3sc4c(-c5ccc(N(c6ccc(-c7cccc8ccccc78)cc6)c6ccc7c(c6)oc6ccccc67)cc5)cccc4c32)cc1. The van der Waals surface area contributed by atoms with E-state index >= 15 is 0 Å². The van der Waals surface area contributed by atoms with E-state index in [9.17, 15) is 0 Å². The van der Waals surface area contributed by atoms with Crippen LogP contribution in [0.3, 0.4) is 0 Å². The molecule has 0 N–H and O–H groups in total. The molecule has 272 valence electrons. The average molecular weight is 759 g/mol. The molecule has 0 radical (unpaired) electrons. The van der Waals surface area contributed by atoms with Crippen LogP contribution in [-0.4, -0.2) is 4.57 Å². The molecule has 0 saturated heterocycles. The van der Waals surface area contributed by atoms with E-state index in [1.165, 1.54) is 69.9 Å². The molecule has 0 bridgehead atoms. The number of rotatable bonds is 6. The number of anilines is 3. The Hall–Kier alpha value is -7.40. The van der Waals surface area contributed by atoms with Crippen LogP contribution in [0.5, 0.6) is 0 Å². The standard InChI is InChI=1S/C54H34N2OS/c1-2-14-38(15-3-1)56-49-22-8-6-18-47(49)54-52(56)48-21-11-20-44(53(48)58-54)37-26-30-40(31-27-37)55(41-32-33-46-45-17-7-9-23-50(45)57-51(46)34-41)39-28-24-36(25-29-39)43-19-10-13-35-12-4-5-16-42(35)43/h1-34H. The fourth-order valence-corrected chi connectivity index (χ4v) is 10.3. The van der Waals surface area contributed by atoms with E-state index in [1.807, 2.05) is 23.5 Å². The van der Waals surface area contributed by atoms with Crippen LogP contribution in [0.4, 0.5) is 17.1 Å². The minimum absolute atomic E-state index is 0.872. The van der Waals surface area contributed by atoms with Crippen molar-refractivity contribution in [2.45, 2.75) is 0 Å². The second-order valence-electron chi connectivity index (χ2n) is 14.9. The fourth-order valence-electron chi connectivity index (χ4n) is 8.92. The van der Waals surface area contributed by atoms with Crippen LogP contribution in [0, 0.1) is 0 Å². The summed E-state index contributed by atoms with van der Waals surface area (Å²) >= 11 is 1.89. The fraction of sp³-hybridized carbons (Fsp3) is 0. The molecule has 4 heteroatoms. The third kappa shape index (κ3) is 5.12. The van der Waals surface area contributed by atoms with Gasteiger partial charge >= 0.3 is 0 Å². The maximum Gasteiger partial charge on any atom is 0.137 e. The third-order valence-electron chi connectivity index (χ3n) is 11.6. The highest BCUT2D eigenvalue weighted by Crippen LogP contribution is 2.46. The lowest BCUT2D eigenvalue weighted by Gasteiger charge is -2.26. The molecule has 3 nitrogen and oxygen atoms in total. The second kappa shape index (κ2) is 13.1. The van der Waals surface area contributed by atoms with E-state index in [0.717, 1.165) is 39.0 Å². The first-order valence-corrected chi connectivity index (χ1v) is 20.5. The molecule has 0 aliphatic heterocycles. The first-order valence-electron chi connectivity index (χ1n) is 19.7. The van der Waals surface area contributed by atoms with E-state index in [-0.39, 0.29) is 0 Å². The first-order chi connectivity index (χ1) is 28.8. The number of aromatic nitrogens is 1. The molecule has 3 aromatic heterocycles. The summed E-state index contributed by atoms with van der Waals surface area (Å²) in [5.74, 6) is 0. The molecule has 12 rings (SSSR count). The molecule has 3 heterocycles. The van der Waals surface area contributed by atoms with E-state index in [4.69, 9.17) is 4.42 Å². The van der Waals surface area contributed by atoms with Gasteiger partial charge in [0.2, 0.25) is 0 Å². The lowest BCUT2D eigenvalue weighted by Crippen LogP contribution is -2.09. The molecule has 0 spiro atoms. The van der Waals surface area contributed by atoms with E-state index < -0.39 is 0 Å². The van der Waals surface area contributed by atoms with Gasteiger partial charge in [0, 0.05) is 55.1 Å². The maximum absolute atomic E-state index is 6.41. The molecule has 0 aliphatic rings. The lowest BCUT2D eigenvalue weighted by atomic mass is 9.98. The first kappa shape index (κ1) is 32.8. The number of hydrogen-bond donors (Lipinski definition) is 0. The number of benzene rings is 9. The van der Waals surface area contributed by atoms with Crippen LogP contribution in [0.1, 0.15) is 0 Å². The van der Waals surface area contributed by atoms with Crippen molar-refractivity contribution in [1.29, 1.82) is 0 Å². The van der Waals surface area contributed by atoms with Gasteiger partial charge in [-0.3, -0.25) is 0 Å². The molecule has 0 unspecified atom stereocenters. The van der Waals surface area contributed by atoms with E-state index in [2.05, 4.69) is 204 Å². The minimum Gasteiger partial charge on any atom is -0.456 e. The predicted octanol–water partition coefficient (Wildman–Crippen LogP) is 15.9. The molecule has 0 saturated carbocycles. The summed E-state index contributed by atoms with van der Waals surface area (Å²) in [6.45, 7) is 0. The van der Waals surface area contributed by atoms with Crippen LogP contribution in [0.25, 0.3) is 91.9 Å². The van der Waals surface area contributed by atoms with Crippen molar-refractivity contribution >= 4 is 92.3 Å². The van der Waals surface area contributed by atoms with Crippen molar-refractivity contribution in [3.8, 4) is 27.9 Å². The van der Waals surface area contributed by atoms with Crippen LogP contribution >= 0.6 is 11.3 Å². The Morgan fingerprint density at radius 2 is 0.983 bits per heavy atom. The molecular weight excluding hydrogens is 725 g/mol. The Kier molecular flexibility index (Phi) is 7.40. The third-order valence-corrected chi connectivity index (χ3v) is 12.9. The van der Waals surface area contributed by atoms with Crippen molar-refractivity contribution < 1.29 is 4.42 Å². The molecule has 0 aliphatic carbocycles. The molecular formula is C54H34N2OS. The zero-order chi connectivity index (χ0) is 38.2. The van der Waals surface area contributed by atoms with Crippen molar-refractivity contribution in [2.75, 3.05) is 4.90 Å². The van der Waals surface area contributed by atoms with Gasteiger partial charge in [-0.1, -0.05) is 140 Å². The molecule has 0 atom stereocenters. The molecule has 0 fully saturated rings. The second-order valence-corrected chi connectivity index (χ2v) is 15.9. The highest BCUT2D eigenvalue weighted by molar-refractivity contribution is 7.27. The summed E-state index contributed by atoms with van der Waals surface area (Å²) in [5.41, 5.74) is 13.5. The number of thiophene rings is 1. The number of hydrogen-bond acceptors (Lipinski definition) is 3. The Bertz CT molecular complexity index is 3500. The topological polar surface area (TPSA) is 21.3 Å². The van der Waals surface area contributed by atoms with Crippen LogP contribution in [0.2, 0.25) is 0 Å². The number of para-hydroxylation sites is 3. The van der Waals surface area contributed by atoms with Gasteiger partial charge in [-0.2, -0.15) is 0 Å². The highest BCUT2D eigenvalue weighted by Gasteiger charge is 2.21. The van der Waals surface area contributed by atoms with Gasteiger partial charge in [0.05, 0.1) is 15.7 Å². The monoisotopic (exact) mass is 758 g/mol. The Morgan fingerprint density at radius 3 is 1.79 bits per heavy atom. The van der Waals surface area contributed by atoms with Crippen LogP contribution < -0.4 is 4.90 Å². The van der Waals surface area contributed by atoms with Gasteiger partial charge in [-0.15, -0.1) is 11.3 Å². The average Bonchev–Trinajstić information content (AvgIpc) is 3.96. The summed E-state index contributed by atoms with van der Waals surface area (Å²) < 4.78 is 11.4. The van der Waals surface area contributed by atoms with Crippen molar-refractivity contribution in [3.63, 3.8) is 0 Å². The quantitative estimate of drug-likeness (QED) is 0.168. The normalized spacial score (nSPS) is 11.8. The summed E-state index contributed by atoms with van der Waals surface area (Å²) in [6, 6.07) is 74.2. The molecule has 58 heavy (non-hydrogen) atoms. The summed E-state index contributed by atoms with van der Waals surface area (Å²) in [7, 11) is 0. The Balaban J connectivity index is 0.987. The molecule has 0 amide bonds. The minimum atomic E-state index is 0.872. The van der Waals surface area contributed by atoms with Gasteiger partial charge in [0.25, 0.3) is 0 Å². The number of furan rings is 1. The Morgan fingerprint density at radius 1 is 0.397 bits per heavy atom. The number of fused-ring (bicyclic) bond motifs is 9. The maximum atomic E-state index is 6.41. The molecule has 9 aromatic carbocycles. The van der Waals surface area contributed by atoms with Gasteiger partial charge in [-0.25, -0.2) is 0 Å². The molecule has 12 aromatic rings. The lowest BCUT2D eigenvalue weighted by molar-refractivity contribution is 0.669. The summed E-state index contributed by atoms with van der Waals surface area (Å²) in [5, 5.41) is 7.30.